The minimum atomic E-state index is -4.10. The molecule has 0 aliphatic carbocycles. The number of carbonyl (C=O) groups excluding carboxylic acids is 1. The van der Waals surface area contributed by atoms with Crippen molar-refractivity contribution >= 4 is 21.7 Å². The Bertz CT molecular complexity index is 1280. The first-order valence-electron chi connectivity index (χ1n) is 10.3. The predicted molar refractivity (Wildman–Crippen MR) is 124 cm³/mol. The van der Waals surface area contributed by atoms with Gasteiger partial charge in [0.1, 0.15) is 22.9 Å². The number of anilines is 1. The second kappa shape index (κ2) is 11.0. The van der Waals surface area contributed by atoms with Gasteiger partial charge in [-0.25, -0.2) is 17.6 Å². The molecule has 3 N–H and O–H groups in total. The maximum absolute atomic E-state index is 13.6. The second-order valence-corrected chi connectivity index (χ2v) is 9.04. The molecule has 0 amide bonds. The highest BCUT2D eigenvalue weighted by molar-refractivity contribution is 7.92. The number of benzene rings is 3. The molecule has 0 saturated carbocycles. The highest BCUT2D eigenvalue weighted by Crippen LogP contribution is 2.32. The first-order valence-corrected chi connectivity index (χ1v) is 11.8. The molecule has 0 bridgehead atoms. The Kier molecular flexibility index (Phi) is 8.08. The van der Waals surface area contributed by atoms with E-state index in [0.29, 0.717) is 18.6 Å². The number of unbranched alkanes of at least 4 members (excludes halogenated alkanes) is 1. The third-order valence-electron chi connectivity index (χ3n) is 4.86. The van der Waals surface area contributed by atoms with Gasteiger partial charge in [-0.1, -0.05) is 12.1 Å². The summed E-state index contributed by atoms with van der Waals surface area (Å²) in [5.74, 6) is -1.95. The zero-order valence-corrected chi connectivity index (χ0v) is 19.1. The number of sulfonamides is 1. The van der Waals surface area contributed by atoms with E-state index in [4.69, 9.17) is 9.47 Å². The summed E-state index contributed by atoms with van der Waals surface area (Å²) in [6, 6.07) is 12.7. The first kappa shape index (κ1) is 25.0. The standard InChI is InChI=1S/C24H24FNO7S/c1-32-11-2-3-12-33-24(29)20-9-8-18(15-23(20)28)26-34(30,31)19-6-4-5-16(13-19)21-14-17(25)7-10-22(21)27/h4-10,13-15,26-28H,2-3,11-12H2,1H3. The molecule has 0 aliphatic rings. The van der Waals surface area contributed by atoms with Crippen LogP contribution in [0.1, 0.15) is 23.2 Å². The monoisotopic (exact) mass is 489 g/mol. The third-order valence-corrected chi connectivity index (χ3v) is 6.24. The molecule has 3 rings (SSSR count). The van der Waals surface area contributed by atoms with Gasteiger partial charge < -0.3 is 19.7 Å². The fourth-order valence-corrected chi connectivity index (χ4v) is 4.24. The van der Waals surface area contributed by atoms with Crippen molar-refractivity contribution in [1.29, 1.82) is 0 Å². The average Bonchev–Trinajstić information content (AvgIpc) is 2.80. The number of rotatable bonds is 10. The number of phenolic OH excluding ortho intramolecular Hbond substituents is 2. The van der Waals surface area contributed by atoms with Crippen molar-refractivity contribution in [2.45, 2.75) is 17.7 Å². The lowest BCUT2D eigenvalue weighted by atomic mass is 10.0. The molecule has 8 nitrogen and oxygen atoms in total. The molecule has 0 spiro atoms. The van der Waals surface area contributed by atoms with Crippen molar-refractivity contribution in [3.05, 3.63) is 72.0 Å². The van der Waals surface area contributed by atoms with Gasteiger partial charge in [0.2, 0.25) is 0 Å². The van der Waals surface area contributed by atoms with Crippen LogP contribution in [0.4, 0.5) is 10.1 Å². The van der Waals surface area contributed by atoms with Gasteiger partial charge in [0.15, 0.2) is 0 Å². The van der Waals surface area contributed by atoms with E-state index in [1.54, 1.807) is 7.11 Å². The van der Waals surface area contributed by atoms with Gasteiger partial charge in [-0.3, -0.25) is 4.72 Å². The Balaban J connectivity index is 1.75. The Morgan fingerprint density at radius 2 is 1.74 bits per heavy atom. The van der Waals surface area contributed by atoms with E-state index in [1.807, 2.05) is 0 Å². The average molecular weight is 490 g/mol. The van der Waals surface area contributed by atoms with Gasteiger partial charge in [-0.2, -0.15) is 0 Å². The van der Waals surface area contributed by atoms with E-state index in [1.165, 1.54) is 42.5 Å². The van der Waals surface area contributed by atoms with Crippen LogP contribution in [0.5, 0.6) is 11.5 Å². The van der Waals surface area contributed by atoms with E-state index in [2.05, 4.69) is 4.72 Å². The van der Waals surface area contributed by atoms with E-state index >= 15 is 0 Å². The van der Waals surface area contributed by atoms with Crippen molar-refractivity contribution in [2.75, 3.05) is 25.0 Å². The highest BCUT2D eigenvalue weighted by Gasteiger charge is 2.19. The molecule has 0 aromatic heterocycles. The normalized spacial score (nSPS) is 11.2. The van der Waals surface area contributed by atoms with Crippen LogP contribution in [-0.2, 0) is 19.5 Å². The van der Waals surface area contributed by atoms with E-state index < -0.39 is 27.6 Å². The van der Waals surface area contributed by atoms with E-state index in [0.717, 1.165) is 24.6 Å². The summed E-state index contributed by atoms with van der Waals surface area (Å²) in [5.41, 5.74) is 0.359. The van der Waals surface area contributed by atoms with E-state index in [9.17, 15) is 27.8 Å². The SMILES string of the molecule is COCCCCOC(=O)c1ccc(NS(=O)(=O)c2cccc(-c3cc(F)ccc3O)c2)cc1O. The minimum absolute atomic E-state index is 0.0214. The number of aromatic hydroxyl groups is 2. The van der Waals surface area contributed by atoms with Crippen molar-refractivity contribution in [3.63, 3.8) is 0 Å². The molecule has 0 aliphatic heterocycles. The molecule has 180 valence electrons. The Morgan fingerprint density at radius 3 is 2.47 bits per heavy atom. The molecule has 0 fully saturated rings. The summed E-state index contributed by atoms with van der Waals surface area (Å²) >= 11 is 0. The Morgan fingerprint density at radius 1 is 0.971 bits per heavy atom. The van der Waals surface area contributed by atoms with Crippen LogP contribution in [0.15, 0.2) is 65.6 Å². The number of hydrogen-bond acceptors (Lipinski definition) is 7. The summed E-state index contributed by atoms with van der Waals surface area (Å²) in [6.45, 7) is 0.706. The second-order valence-electron chi connectivity index (χ2n) is 7.36. The summed E-state index contributed by atoms with van der Waals surface area (Å²) in [6.07, 6.45) is 1.32. The molecule has 3 aromatic carbocycles. The molecule has 0 unspecified atom stereocenters. The predicted octanol–water partition coefficient (Wildman–Crippen LogP) is 4.29. The topological polar surface area (TPSA) is 122 Å². The lowest BCUT2D eigenvalue weighted by molar-refractivity contribution is 0.0486. The summed E-state index contributed by atoms with van der Waals surface area (Å²) in [7, 11) is -2.53. The molecule has 10 heteroatoms. The van der Waals surface area contributed by atoms with Crippen LogP contribution in [0.2, 0.25) is 0 Å². The van der Waals surface area contributed by atoms with Crippen molar-refractivity contribution in [2.24, 2.45) is 0 Å². The Hall–Kier alpha value is -3.63. The van der Waals surface area contributed by atoms with Crippen molar-refractivity contribution in [3.8, 4) is 22.6 Å². The number of esters is 1. The number of halogens is 1. The van der Waals surface area contributed by atoms with Gasteiger partial charge in [0.05, 0.1) is 17.2 Å². The van der Waals surface area contributed by atoms with Crippen LogP contribution < -0.4 is 4.72 Å². The molecular weight excluding hydrogens is 465 g/mol. The zero-order chi connectivity index (χ0) is 24.7. The number of nitrogens with one attached hydrogen (secondary N) is 1. The number of carbonyl (C=O) groups is 1. The number of hydrogen-bond donors (Lipinski definition) is 3. The van der Waals surface area contributed by atoms with Crippen LogP contribution in [0, 0.1) is 5.82 Å². The largest absolute Gasteiger partial charge is 0.507 e. The smallest absolute Gasteiger partial charge is 0.341 e. The highest BCUT2D eigenvalue weighted by atomic mass is 32.2. The van der Waals surface area contributed by atoms with Gasteiger partial charge in [-0.15, -0.1) is 0 Å². The zero-order valence-electron chi connectivity index (χ0n) is 18.3. The molecule has 3 aromatic rings. The fourth-order valence-electron chi connectivity index (χ4n) is 3.14. The molecule has 0 atom stereocenters. The molecular formula is C24H24FNO7S. The summed E-state index contributed by atoms with van der Waals surface area (Å²) in [5, 5.41) is 20.2. The number of ether oxygens (including phenoxy) is 2. The van der Waals surface area contributed by atoms with Crippen LogP contribution >= 0.6 is 0 Å². The number of phenols is 2. The number of methoxy groups -OCH3 is 1. The maximum Gasteiger partial charge on any atom is 0.341 e. The van der Waals surface area contributed by atoms with Crippen molar-refractivity contribution in [1.82, 2.24) is 0 Å². The Labute approximate surface area is 196 Å². The van der Waals surface area contributed by atoms with E-state index in [-0.39, 0.29) is 34.1 Å². The van der Waals surface area contributed by atoms with Crippen molar-refractivity contribution < 1.29 is 37.3 Å². The molecule has 0 heterocycles. The van der Waals surface area contributed by atoms with Gasteiger partial charge in [0, 0.05) is 25.3 Å². The first-order chi connectivity index (χ1) is 16.2. The van der Waals surface area contributed by atoms with Crippen LogP contribution in [0.3, 0.4) is 0 Å². The van der Waals surface area contributed by atoms with Crippen LogP contribution in [-0.4, -0.2) is 44.9 Å². The molecule has 0 saturated heterocycles. The quantitative estimate of drug-likeness (QED) is 0.287. The maximum atomic E-state index is 13.6. The lowest BCUT2D eigenvalue weighted by Crippen LogP contribution is -2.13. The summed E-state index contributed by atoms with van der Waals surface area (Å²) in [4.78, 5) is 12.0. The van der Waals surface area contributed by atoms with Gasteiger partial charge in [-0.05, 0) is 60.9 Å². The van der Waals surface area contributed by atoms with Gasteiger partial charge in [0.25, 0.3) is 10.0 Å². The molecule has 0 radical (unpaired) electrons. The minimum Gasteiger partial charge on any atom is -0.507 e. The summed E-state index contributed by atoms with van der Waals surface area (Å²) < 4.78 is 51.7. The lowest BCUT2D eigenvalue weighted by Gasteiger charge is -2.12. The van der Waals surface area contributed by atoms with Gasteiger partial charge >= 0.3 is 5.97 Å². The third kappa shape index (κ3) is 6.24. The fraction of sp³-hybridized carbons (Fsp3) is 0.208. The van der Waals surface area contributed by atoms with Crippen LogP contribution in [0.25, 0.3) is 11.1 Å². The molecule has 34 heavy (non-hydrogen) atoms.